The molecule has 0 aliphatic carbocycles. The molecule has 2 rings (SSSR count). The Bertz CT molecular complexity index is 512. The van der Waals surface area contributed by atoms with E-state index in [1.54, 1.807) is 6.07 Å². The van der Waals surface area contributed by atoms with Crippen LogP contribution in [0.4, 0.5) is 4.39 Å². The third kappa shape index (κ3) is 1.21. The zero-order chi connectivity index (χ0) is 9.42. The highest BCUT2D eigenvalue weighted by molar-refractivity contribution is 9.10. The average molecular weight is 240 g/mol. The second-order valence-electron chi connectivity index (χ2n) is 2.53. The maximum absolute atomic E-state index is 13.2. The van der Waals surface area contributed by atoms with Gasteiger partial charge in [-0.2, -0.15) is 5.26 Å². The van der Waals surface area contributed by atoms with E-state index in [0.29, 0.717) is 15.4 Å². The highest BCUT2D eigenvalue weighted by Gasteiger charge is 2.10. The SMILES string of the molecule is N#Cc1coc2c(F)cc(Br)cc12. The van der Waals surface area contributed by atoms with Crippen LogP contribution in [0.15, 0.2) is 27.3 Å². The van der Waals surface area contributed by atoms with Crippen LogP contribution < -0.4 is 0 Å². The van der Waals surface area contributed by atoms with Crippen LogP contribution >= 0.6 is 15.9 Å². The van der Waals surface area contributed by atoms with Crippen LogP contribution in [0.3, 0.4) is 0 Å². The molecule has 0 saturated heterocycles. The van der Waals surface area contributed by atoms with Crippen molar-refractivity contribution in [1.29, 1.82) is 5.26 Å². The van der Waals surface area contributed by atoms with E-state index in [4.69, 9.17) is 9.68 Å². The maximum Gasteiger partial charge on any atom is 0.170 e. The van der Waals surface area contributed by atoms with E-state index in [0.717, 1.165) is 0 Å². The lowest BCUT2D eigenvalue weighted by atomic mass is 10.2. The summed E-state index contributed by atoms with van der Waals surface area (Å²) in [6, 6.07) is 4.87. The zero-order valence-corrected chi connectivity index (χ0v) is 7.93. The van der Waals surface area contributed by atoms with Gasteiger partial charge in [0.25, 0.3) is 0 Å². The number of nitriles is 1. The fourth-order valence-electron chi connectivity index (χ4n) is 1.15. The summed E-state index contributed by atoms with van der Waals surface area (Å²) < 4.78 is 18.7. The Balaban J connectivity index is 2.92. The van der Waals surface area contributed by atoms with Gasteiger partial charge in [-0.15, -0.1) is 0 Å². The first-order valence-electron chi connectivity index (χ1n) is 3.48. The summed E-state index contributed by atoms with van der Waals surface area (Å²) in [6.45, 7) is 0. The number of fused-ring (bicyclic) bond motifs is 1. The predicted molar refractivity (Wildman–Crippen MR) is 48.6 cm³/mol. The summed E-state index contributed by atoms with van der Waals surface area (Å²) in [6.07, 6.45) is 1.25. The molecule has 0 fully saturated rings. The molecule has 2 aromatic rings. The van der Waals surface area contributed by atoms with Gasteiger partial charge in [0.1, 0.15) is 12.3 Å². The van der Waals surface area contributed by atoms with Crippen molar-refractivity contribution in [3.63, 3.8) is 0 Å². The molecule has 2 nitrogen and oxygen atoms in total. The average Bonchev–Trinajstić information content (AvgIpc) is 2.47. The summed E-state index contributed by atoms with van der Waals surface area (Å²) in [5, 5.41) is 9.15. The minimum absolute atomic E-state index is 0.125. The van der Waals surface area contributed by atoms with Gasteiger partial charge in [0.15, 0.2) is 11.4 Å². The number of nitrogens with zero attached hydrogens (tertiary/aromatic N) is 1. The molecule has 4 heteroatoms. The fourth-order valence-corrected chi connectivity index (χ4v) is 1.58. The van der Waals surface area contributed by atoms with E-state index in [1.807, 2.05) is 6.07 Å². The molecular formula is C9H3BrFNO. The summed E-state index contributed by atoms with van der Waals surface area (Å²) in [4.78, 5) is 0. The van der Waals surface area contributed by atoms with Gasteiger partial charge in [-0.05, 0) is 12.1 Å². The molecule has 0 unspecified atom stereocenters. The van der Waals surface area contributed by atoms with Crippen LogP contribution in [-0.4, -0.2) is 0 Å². The van der Waals surface area contributed by atoms with Gasteiger partial charge in [-0.3, -0.25) is 0 Å². The first-order chi connectivity index (χ1) is 6.22. The van der Waals surface area contributed by atoms with Crippen LogP contribution in [0.1, 0.15) is 5.56 Å². The molecule has 0 N–H and O–H groups in total. The third-order valence-corrected chi connectivity index (χ3v) is 2.17. The van der Waals surface area contributed by atoms with Crippen molar-refractivity contribution >= 4 is 26.9 Å². The number of benzene rings is 1. The first kappa shape index (κ1) is 8.27. The second kappa shape index (κ2) is 2.86. The molecule has 64 valence electrons. The van der Waals surface area contributed by atoms with Gasteiger partial charge >= 0.3 is 0 Å². The number of rotatable bonds is 0. The zero-order valence-electron chi connectivity index (χ0n) is 6.34. The molecule has 1 aromatic carbocycles. The minimum atomic E-state index is -0.467. The Labute approximate surface area is 81.7 Å². The summed E-state index contributed by atoms with van der Waals surface area (Å²) in [7, 11) is 0. The molecule has 1 heterocycles. The molecule has 0 aliphatic rings. The van der Waals surface area contributed by atoms with Crippen LogP contribution in [0.5, 0.6) is 0 Å². The number of hydrogen-bond donors (Lipinski definition) is 0. The van der Waals surface area contributed by atoms with E-state index in [2.05, 4.69) is 15.9 Å². The smallest absolute Gasteiger partial charge is 0.170 e. The van der Waals surface area contributed by atoms with Gasteiger partial charge < -0.3 is 4.42 Å². The molecule has 0 spiro atoms. The van der Waals surface area contributed by atoms with Crippen molar-refractivity contribution in [2.24, 2.45) is 0 Å². The van der Waals surface area contributed by atoms with Crippen molar-refractivity contribution < 1.29 is 8.81 Å². The standard InChI is InChI=1S/C9H3BrFNO/c10-6-1-7-5(3-12)4-13-9(7)8(11)2-6/h1-2,4H. The quantitative estimate of drug-likeness (QED) is 0.708. The molecular weight excluding hydrogens is 237 g/mol. The van der Waals surface area contributed by atoms with Crippen LogP contribution in [0.25, 0.3) is 11.0 Å². The minimum Gasteiger partial charge on any atom is -0.460 e. The van der Waals surface area contributed by atoms with Crippen molar-refractivity contribution in [2.75, 3.05) is 0 Å². The van der Waals surface area contributed by atoms with Gasteiger partial charge in [-0.1, -0.05) is 15.9 Å². The molecule has 0 saturated carbocycles. The topological polar surface area (TPSA) is 36.9 Å². The normalized spacial score (nSPS) is 10.2. The van der Waals surface area contributed by atoms with E-state index < -0.39 is 5.82 Å². The fraction of sp³-hybridized carbons (Fsp3) is 0. The number of halogens is 2. The van der Waals surface area contributed by atoms with Crippen LogP contribution in [0.2, 0.25) is 0 Å². The second-order valence-corrected chi connectivity index (χ2v) is 3.44. The first-order valence-corrected chi connectivity index (χ1v) is 4.28. The van der Waals surface area contributed by atoms with Gasteiger partial charge in [0, 0.05) is 9.86 Å². The largest absolute Gasteiger partial charge is 0.460 e. The summed E-state index contributed by atoms with van der Waals surface area (Å²) in [5.74, 6) is -0.467. The summed E-state index contributed by atoms with van der Waals surface area (Å²) in [5.41, 5.74) is 0.468. The van der Waals surface area contributed by atoms with Gasteiger partial charge in [0.05, 0.1) is 5.56 Å². The Morgan fingerprint density at radius 2 is 2.23 bits per heavy atom. The Hall–Kier alpha value is -1.34. The van der Waals surface area contributed by atoms with E-state index in [-0.39, 0.29) is 5.58 Å². The van der Waals surface area contributed by atoms with E-state index >= 15 is 0 Å². The van der Waals surface area contributed by atoms with Gasteiger partial charge in [0.2, 0.25) is 0 Å². The Morgan fingerprint density at radius 3 is 2.92 bits per heavy atom. The molecule has 1 aromatic heterocycles. The predicted octanol–water partition coefficient (Wildman–Crippen LogP) is 3.21. The van der Waals surface area contributed by atoms with Crippen LogP contribution in [0, 0.1) is 17.1 Å². The third-order valence-electron chi connectivity index (χ3n) is 1.71. The van der Waals surface area contributed by atoms with Crippen molar-refractivity contribution in [3.05, 3.63) is 34.2 Å². The molecule has 0 bridgehead atoms. The maximum atomic E-state index is 13.2. The highest BCUT2D eigenvalue weighted by atomic mass is 79.9. The van der Waals surface area contributed by atoms with Crippen molar-refractivity contribution in [2.45, 2.75) is 0 Å². The van der Waals surface area contributed by atoms with Crippen molar-refractivity contribution in [3.8, 4) is 6.07 Å². The van der Waals surface area contributed by atoms with Crippen LogP contribution in [-0.2, 0) is 0 Å². The van der Waals surface area contributed by atoms with Crippen molar-refractivity contribution in [1.82, 2.24) is 0 Å². The number of hydrogen-bond acceptors (Lipinski definition) is 2. The Kier molecular flexibility index (Phi) is 1.82. The van der Waals surface area contributed by atoms with E-state index in [9.17, 15) is 4.39 Å². The lowest BCUT2D eigenvalue weighted by Crippen LogP contribution is -1.76. The molecule has 0 radical (unpaired) electrons. The molecule has 13 heavy (non-hydrogen) atoms. The van der Waals surface area contributed by atoms with Gasteiger partial charge in [-0.25, -0.2) is 4.39 Å². The molecule has 0 atom stereocenters. The highest BCUT2D eigenvalue weighted by Crippen LogP contribution is 2.27. The van der Waals surface area contributed by atoms with E-state index in [1.165, 1.54) is 12.3 Å². The molecule has 0 aliphatic heterocycles. The lowest BCUT2D eigenvalue weighted by molar-refractivity contribution is 0.559. The Morgan fingerprint density at radius 1 is 1.46 bits per heavy atom. The monoisotopic (exact) mass is 239 g/mol. The summed E-state index contributed by atoms with van der Waals surface area (Å²) >= 11 is 3.14. The number of furan rings is 1. The molecule has 0 amide bonds. The lowest BCUT2D eigenvalue weighted by Gasteiger charge is -1.92.